The molecule has 5 rings (SSSR count). The van der Waals surface area contributed by atoms with Gasteiger partial charge in [0.15, 0.2) is 0 Å². The summed E-state index contributed by atoms with van der Waals surface area (Å²) in [7, 11) is 0. The van der Waals surface area contributed by atoms with Crippen molar-refractivity contribution in [1.29, 1.82) is 0 Å². The number of likely N-dealkylation sites (tertiary alicyclic amines) is 1. The van der Waals surface area contributed by atoms with Crippen LogP contribution in [-0.4, -0.2) is 34.0 Å². The SMILES string of the molecule is C/C=C/c1cc2cc[nH]c(=O)c2c(Nc2ccc(C3CCN(C4CC4)CC3)c(C)c2)n1. The van der Waals surface area contributed by atoms with E-state index in [-0.39, 0.29) is 5.56 Å². The van der Waals surface area contributed by atoms with Gasteiger partial charge in [-0.3, -0.25) is 4.79 Å². The molecule has 160 valence electrons. The van der Waals surface area contributed by atoms with Gasteiger partial charge in [0.25, 0.3) is 5.56 Å². The number of fused-ring (bicyclic) bond motifs is 1. The van der Waals surface area contributed by atoms with Gasteiger partial charge in [0.1, 0.15) is 5.82 Å². The molecular weight excluding hydrogens is 384 g/mol. The fraction of sp³-hybridized carbons (Fsp3) is 0.385. The number of benzene rings is 1. The van der Waals surface area contributed by atoms with Crippen molar-refractivity contribution >= 4 is 28.4 Å². The van der Waals surface area contributed by atoms with Crippen LogP contribution >= 0.6 is 0 Å². The molecule has 31 heavy (non-hydrogen) atoms. The molecule has 1 aromatic carbocycles. The Bertz CT molecular complexity index is 1180. The molecule has 1 saturated heterocycles. The average Bonchev–Trinajstić information content (AvgIpc) is 3.60. The normalized spacial score (nSPS) is 18.1. The minimum atomic E-state index is -0.129. The number of hydrogen-bond donors (Lipinski definition) is 2. The molecule has 5 nitrogen and oxygen atoms in total. The minimum Gasteiger partial charge on any atom is -0.340 e. The van der Waals surface area contributed by atoms with Gasteiger partial charge in [0, 0.05) is 17.9 Å². The quantitative estimate of drug-likeness (QED) is 0.591. The number of allylic oxidation sites excluding steroid dienone is 1. The standard InChI is InChI=1S/C26H30N4O/c1-3-4-20-16-19-9-12-27-26(31)24(19)25(28-20)29-21-5-8-23(17(2)15-21)18-10-13-30(14-11-18)22-6-7-22/h3-5,8-9,12,15-16,18,22H,6-7,10-11,13-14H2,1-2H3,(H,27,31)(H,28,29)/b4-3+. The van der Waals surface area contributed by atoms with E-state index < -0.39 is 0 Å². The maximum absolute atomic E-state index is 12.5. The Balaban J connectivity index is 1.41. The minimum absolute atomic E-state index is 0.129. The van der Waals surface area contributed by atoms with Crippen LogP contribution in [0, 0.1) is 6.92 Å². The van der Waals surface area contributed by atoms with E-state index in [1.807, 2.05) is 31.2 Å². The molecule has 1 aliphatic carbocycles. The molecule has 5 heteroatoms. The summed E-state index contributed by atoms with van der Waals surface area (Å²) in [5.41, 5.74) is 4.43. The van der Waals surface area contributed by atoms with Gasteiger partial charge in [-0.15, -0.1) is 0 Å². The molecule has 3 aromatic rings. The van der Waals surface area contributed by atoms with E-state index >= 15 is 0 Å². The average molecular weight is 415 g/mol. The predicted molar refractivity (Wildman–Crippen MR) is 128 cm³/mol. The van der Waals surface area contributed by atoms with Crippen LogP contribution < -0.4 is 10.9 Å². The highest BCUT2D eigenvalue weighted by Gasteiger charge is 2.32. The molecule has 1 saturated carbocycles. The number of rotatable bonds is 5. The van der Waals surface area contributed by atoms with E-state index in [9.17, 15) is 4.79 Å². The number of H-pyrrole nitrogens is 1. The molecular formula is C26H30N4O. The van der Waals surface area contributed by atoms with Crippen molar-refractivity contribution in [2.75, 3.05) is 18.4 Å². The van der Waals surface area contributed by atoms with Gasteiger partial charge in [-0.2, -0.15) is 0 Å². The topological polar surface area (TPSA) is 61.0 Å². The first-order valence-corrected chi connectivity index (χ1v) is 11.4. The van der Waals surface area contributed by atoms with Crippen LogP contribution in [0.4, 0.5) is 11.5 Å². The summed E-state index contributed by atoms with van der Waals surface area (Å²) in [4.78, 5) is 22.7. The summed E-state index contributed by atoms with van der Waals surface area (Å²) in [6.45, 7) is 6.62. The van der Waals surface area contributed by atoms with E-state index in [1.165, 1.54) is 49.9 Å². The van der Waals surface area contributed by atoms with Gasteiger partial charge in [-0.1, -0.05) is 12.1 Å². The van der Waals surface area contributed by atoms with E-state index in [1.54, 1.807) is 6.20 Å². The second kappa shape index (κ2) is 8.31. The molecule has 0 radical (unpaired) electrons. The van der Waals surface area contributed by atoms with Gasteiger partial charge >= 0.3 is 0 Å². The zero-order chi connectivity index (χ0) is 21.4. The number of hydrogen-bond acceptors (Lipinski definition) is 4. The van der Waals surface area contributed by atoms with Crippen LogP contribution in [0.25, 0.3) is 16.8 Å². The van der Waals surface area contributed by atoms with Crippen LogP contribution in [0.2, 0.25) is 0 Å². The number of piperidine rings is 1. The number of anilines is 2. The zero-order valence-electron chi connectivity index (χ0n) is 18.3. The Morgan fingerprint density at radius 1 is 1.13 bits per heavy atom. The summed E-state index contributed by atoms with van der Waals surface area (Å²) in [5, 5.41) is 4.88. The predicted octanol–water partition coefficient (Wildman–Crippen LogP) is 5.35. The Hall–Kier alpha value is -2.92. The molecule has 0 amide bonds. The van der Waals surface area contributed by atoms with Crippen molar-refractivity contribution in [2.24, 2.45) is 0 Å². The maximum Gasteiger partial charge on any atom is 0.259 e. The van der Waals surface area contributed by atoms with E-state index in [4.69, 9.17) is 4.98 Å². The van der Waals surface area contributed by atoms with Crippen molar-refractivity contribution < 1.29 is 0 Å². The van der Waals surface area contributed by atoms with Gasteiger partial charge in [0.05, 0.1) is 11.1 Å². The van der Waals surface area contributed by atoms with Crippen LogP contribution in [0.1, 0.15) is 55.3 Å². The van der Waals surface area contributed by atoms with Crippen molar-refractivity contribution in [3.8, 4) is 0 Å². The summed E-state index contributed by atoms with van der Waals surface area (Å²) in [6, 6.07) is 11.3. The van der Waals surface area contributed by atoms with Crippen molar-refractivity contribution in [3.63, 3.8) is 0 Å². The molecule has 1 aliphatic heterocycles. The van der Waals surface area contributed by atoms with Gasteiger partial charge in [-0.25, -0.2) is 4.98 Å². The molecule has 0 atom stereocenters. The lowest BCUT2D eigenvalue weighted by atomic mass is 9.86. The molecule has 0 unspecified atom stereocenters. The number of aromatic nitrogens is 2. The summed E-state index contributed by atoms with van der Waals surface area (Å²) < 4.78 is 0. The maximum atomic E-state index is 12.5. The largest absolute Gasteiger partial charge is 0.340 e. The lowest BCUT2D eigenvalue weighted by molar-refractivity contribution is 0.203. The van der Waals surface area contributed by atoms with Crippen molar-refractivity contribution in [1.82, 2.24) is 14.9 Å². The van der Waals surface area contributed by atoms with Crippen LogP contribution in [0.15, 0.2) is 47.4 Å². The van der Waals surface area contributed by atoms with Crippen molar-refractivity contribution in [3.05, 3.63) is 69.8 Å². The molecule has 3 heterocycles. The summed E-state index contributed by atoms with van der Waals surface area (Å²) in [5.74, 6) is 1.24. The van der Waals surface area contributed by atoms with Gasteiger partial charge in [-0.05, 0) is 105 Å². The first-order chi connectivity index (χ1) is 15.1. The van der Waals surface area contributed by atoms with Crippen LogP contribution in [-0.2, 0) is 0 Å². The fourth-order valence-electron chi connectivity index (χ4n) is 4.94. The highest BCUT2D eigenvalue weighted by molar-refractivity contribution is 5.93. The monoisotopic (exact) mass is 414 g/mol. The first kappa shape index (κ1) is 20.0. The molecule has 2 N–H and O–H groups in total. The Morgan fingerprint density at radius 2 is 1.94 bits per heavy atom. The van der Waals surface area contributed by atoms with E-state index in [0.717, 1.165) is 22.8 Å². The molecule has 2 aliphatic rings. The Labute approximate surface area is 183 Å². The number of pyridine rings is 2. The number of nitrogens with one attached hydrogen (secondary N) is 2. The summed E-state index contributed by atoms with van der Waals surface area (Å²) in [6.07, 6.45) is 10.9. The first-order valence-electron chi connectivity index (χ1n) is 11.4. The highest BCUT2D eigenvalue weighted by Crippen LogP contribution is 2.36. The second-order valence-electron chi connectivity index (χ2n) is 8.90. The van der Waals surface area contributed by atoms with E-state index in [0.29, 0.717) is 17.1 Å². The third-order valence-electron chi connectivity index (χ3n) is 6.68. The highest BCUT2D eigenvalue weighted by atomic mass is 16.1. The molecule has 2 fully saturated rings. The third kappa shape index (κ3) is 4.15. The summed E-state index contributed by atoms with van der Waals surface area (Å²) >= 11 is 0. The Morgan fingerprint density at radius 3 is 2.65 bits per heavy atom. The van der Waals surface area contributed by atoms with Crippen LogP contribution in [0.5, 0.6) is 0 Å². The van der Waals surface area contributed by atoms with Crippen LogP contribution in [0.3, 0.4) is 0 Å². The smallest absolute Gasteiger partial charge is 0.259 e. The Kier molecular flexibility index (Phi) is 5.36. The second-order valence-corrected chi connectivity index (χ2v) is 8.90. The van der Waals surface area contributed by atoms with Gasteiger partial charge < -0.3 is 15.2 Å². The lowest BCUT2D eigenvalue weighted by Crippen LogP contribution is -2.34. The molecule has 0 spiro atoms. The zero-order valence-corrected chi connectivity index (χ0v) is 18.3. The lowest BCUT2D eigenvalue weighted by Gasteiger charge is -2.33. The van der Waals surface area contributed by atoms with Crippen molar-refractivity contribution in [2.45, 2.75) is 51.5 Å². The van der Waals surface area contributed by atoms with Gasteiger partial charge in [0.2, 0.25) is 0 Å². The molecule has 2 aromatic heterocycles. The number of nitrogens with zero attached hydrogens (tertiary/aromatic N) is 2. The molecule has 0 bridgehead atoms. The number of aryl methyl sites for hydroxylation is 1. The number of aromatic amines is 1. The third-order valence-corrected chi connectivity index (χ3v) is 6.68. The fourth-order valence-corrected chi connectivity index (χ4v) is 4.94. The van der Waals surface area contributed by atoms with E-state index in [2.05, 4.69) is 40.3 Å².